The number of anilines is 2. The Morgan fingerprint density at radius 1 is 1.25 bits per heavy atom. The van der Waals surface area contributed by atoms with E-state index in [1.165, 1.54) is 11.8 Å². The first-order chi connectivity index (χ1) is 11.5. The van der Waals surface area contributed by atoms with Gasteiger partial charge in [-0.1, -0.05) is 23.4 Å². The first-order valence-corrected chi connectivity index (χ1v) is 8.75. The van der Waals surface area contributed by atoms with E-state index in [1.54, 1.807) is 24.7 Å². The molecule has 1 aliphatic rings. The van der Waals surface area contributed by atoms with Gasteiger partial charge in [-0.25, -0.2) is 15.0 Å². The van der Waals surface area contributed by atoms with Gasteiger partial charge in [0.1, 0.15) is 16.7 Å². The lowest BCUT2D eigenvalue weighted by Crippen LogP contribution is -2.53. The van der Waals surface area contributed by atoms with Crippen LogP contribution in [0.25, 0.3) is 0 Å². The molecule has 0 atom stereocenters. The van der Waals surface area contributed by atoms with Crippen molar-refractivity contribution in [3.05, 3.63) is 29.7 Å². The molecule has 0 aliphatic carbocycles. The largest absolute Gasteiger partial charge is 0.394 e. The standard InChI is InChI=1S/C15H19ClN6OS/c16-13-10(1-4-19-14(13)17)24-12-8-20-11(7-21-12)22-5-2-15(18,9-23)3-6-22/h1,4,7-8,23H,2-3,5-6,9,18H2,(H2,17,19). The first-order valence-electron chi connectivity index (χ1n) is 7.55. The van der Waals surface area contributed by atoms with Crippen LogP contribution in [-0.2, 0) is 0 Å². The Morgan fingerprint density at radius 3 is 2.62 bits per heavy atom. The second-order valence-electron chi connectivity index (χ2n) is 5.83. The number of hydrogen-bond acceptors (Lipinski definition) is 8. The maximum atomic E-state index is 9.33. The Bertz CT molecular complexity index is 706. The van der Waals surface area contributed by atoms with E-state index < -0.39 is 5.54 Å². The number of nitrogen functional groups attached to an aromatic ring is 1. The maximum absolute atomic E-state index is 9.33. The van der Waals surface area contributed by atoms with Gasteiger partial charge < -0.3 is 21.5 Å². The highest BCUT2D eigenvalue weighted by molar-refractivity contribution is 7.99. The SMILES string of the molecule is Nc1nccc(Sc2cnc(N3CCC(N)(CO)CC3)cn2)c1Cl. The van der Waals surface area contributed by atoms with Gasteiger partial charge in [0.25, 0.3) is 0 Å². The minimum absolute atomic E-state index is 0.0118. The van der Waals surface area contributed by atoms with E-state index in [0.717, 1.165) is 41.7 Å². The topological polar surface area (TPSA) is 114 Å². The van der Waals surface area contributed by atoms with Crippen LogP contribution in [0.3, 0.4) is 0 Å². The van der Waals surface area contributed by atoms with Crippen molar-refractivity contribution in [3.63, 3.8) is 0 Å². The van der Waals surface area contributed by atoms with E-state index in [0.29, 0.717) is 10.8 Å². The highest BCUT2D eigenvalue weighted by Crippen LogP contribution is 2.34. The van der Waals surface area contributed by atoms with Gasteiger partial charge in [-0.3, -0.25) is 0 Å². The van der Waals surface area contributed by atoms with Gasteiger partial charge in [-0.05, 0) is 18.9 Å². The number of nitrogens with two attached hydrogens (primary N) is 2. The van der Waals surface area contributed by atoms with E-state index in [9.17, 15) is 5.11 Å². The summed E-state index contributed by atoms with van der Waals surface area (Å²) in [6.07, 6.45) is 6.52. The van der Waals surface area contributed by atoms with Crippen molar-refractivity contribution < 1.29 is 5.11 Å². The number of nitrogens with zero attached hydrogens (tertiary/aromatic N) is 4. The lowest BCUT2D eigenvalue weighted by Gasteiger charge is -2.38. The Morgan fingerprint density at radius 2 is 2.00 bits per heavy atom. The molecular weight excluding hydrogens is 348 g/mol. The summed E-state index contributed by atoms with van der Waals surface area (Å²) in [5.41, 5.74) is 11.3. The number of pyridine rings is 1. The molecule has 2 aromatic rings. The molecule has 0 spiro atoms. The molecule has 24 heavy (non-hydrogen) atoms. The molecule has 3 rings (SSSR count). The number of hydrogen-bond donors (Lipinski definition) is 3. The third kappa shape index (κ3) is 3.72. The summed E-state index contributed by atoms with van der Waals surface area (Å²) in [5.74, 6) is 1.10. The number of aromatic nitrogens is 3. The van der Waals surface area contributed by atoms with Crippen LogP contribution in [0.15, 0.2) is 34.6 Å². The Kier molecular flexibility index (Phi) is 5.09. The van der Waals surface area contributed by atoms with Crippen LogP contribution in [0, 0.1) is 0 Å². The smallest absolute Gasteiger partial charge is 0.147 e. The van der Waals surface area contributed by atoms with E-state index in [1.807, 2.05) is 0 Å². The predicted octanol–water partition coefficient (Wildman–Crippen LogP) is 1.55. The number of halogens is 1. The molecule has 1 fully saturated rings. The average Bonchev–Trinajstić information content (AvgIpc) is 2.60. The van der Waals surface area contributed by atoms with Crippen molar-refractivity contribution in [2.75, 3.05) is 30.3 Å². The number of piperidine rings is 1. The van der Waals surface area contributed by atoms with Gasteiger partial charge in [-0.2, -0.15) is 0 Å². The fourth-order valence-corrected chi connectivity index (χ4v) is 3.48. The van der Waals surface area contributed by atoms with Gasteiger partial charge in [0, 0.05) is 29.7 Å². The maximum Gasteiger partial charge on any atom is 0.147 e. The summed E-state index contributed by atoms with van der Waals surface area (Å²) in [5, 5.41) is 10.5. The molecule has 1 aliphatic heterocycles. The quantitative estimate of drug-likeness (QED) is 0.746. The summed E-state index contributed by atoms with van der Waals surface area (Å²) in [6.45, 7) is 1.52. The first kappa shape index (κ1) is 17.2. The Labute approximate surface area is 149 Å². The molecular formula is C15H19ClN6OS. The Balaban J connectivity index is 1.67. The van der Waals surface area contributed by atoms with E-state index in [4.69, 9.17) is 23.1 Å². The summed E-state index contributed by atoms with van der Waals surface area (Å²) >= 11 is 7.53. The van der Waals surface area contributed by atoms with Gasteiger partial charge in [-0.15, -0.1) is 0 Å². The molecule has 9 heteroatoms. The fraction of sp³-hybridized carbons (Fsp3) is 0.400. The van der Waals surface area contributed by atoms with Crippen LogP contribution in [0.2, 0.25) is 5.02 Å². The zero-order valence-corrected chi connectivity index (χ0v) is 14.6. The molecule has 0 radical (unpaired) electrons. The van der Waals surface area contributed by atoms with Crippen molar-refractivity contribution in [1.82, 2.24) is 15.0 Å². The third-order valence-corrected chi connectivity index (χ3v) is 5.60. The van der Waals surface area contributed by atoms with Gasteiger partial charge >= 0.3 is 0 Å². The monoisotopic (exact) mass is 366 g/mol. The summed E-state index contributed by atoms with van der Waals surface area (Å²) in [6, 6.07) is 1.79. The van der Waals surface area contributed by atoms with Crippen molar-refractivity contribution in [2.45, 2.75) is 28.3 Å². The molecule has 0 unspecified atom stereocenters. The van der Waals surface area contributed by atoms with Gasteiger partial charge in [0.2, 0.25) is 0 Å². The van der Waals surface area contributed by atoms with Crippen molar-refractivity contribution in [1.29, 1.82) is 0 Å². The molecule has 128 valence electrons. The van der Waals surface area contributed by atoms with Crippen molar-refractivity contribution in [3.8, 4) is 0 Å². The average molecular weight is 367 g/mol. The summed E-state index contributed by atoms with van der Waals surface area (Å²) in [4.78, 5) is 15.8. The molecule has 5 N–H and O–H groups in total. The molecule has 0 amide bonds. The number of aliphatic hydroxyl groups is 1. The summed E-state index contributed by atoms with van der Waals surface area (Å²) in [7, 11) is 0. The van der Waals surface area contributed by atoms with Crippen LogP contribution in [0.5, 0.6) is 0 Å². The Hall–Kier alpha value is -1.61. The minimum Gasteiger partial charge on any atom is -0.394 e. The minimum atomic E-state index is -0.474. The molecule has 1 saturated heterocycles. The highest BCUT2D eigenvalue weighted by atomic mass is 35.5. The lowest BCUT2D eigenvalue weighted by molar-refractivity contribution is 0.170. The van der Waals surface area contributed by atoms with Crippen LogP contribution in [0.4, 0.5) is 11.6 Å². The summed E-state index contributed by atoms with van der Waals surface area (Å²) < 4.78 is 0. The van der Waals surface area contributed by atoms with Crippen molar-refractivity contribution in [2.24, 2.45) is 5.73 Å². The van der Waals surface area contributed by atoms with Crippen LogP contribution < -0.4 is 16.4 Å². The van der Waals surface area contributed by atoms with E-state index >= 15 is 0 Å². The number of aliphatic hydroxyl groups excluding tert-OH is 1. The highest BCUT2D eigenvalue weighted by Gasteiger charge is 2.30. The molecule has 7 nitrogen and oxygen atoms in total. The second-order valence-corrected chi connectivity index (χ2v) is 7.27. The fourth-order valence-electron chi connectivity index (χ4n) is 2.50. The van der Waals surface area contributed by atoms with Crippen LogP contribution in [0.1, 0.15) is 12.8 Å². The number of rotatable bonds is 4. The van der Waals surface area contributed by atoms with Crippen molar-refractivity contribution >= 4 is 35.0 Å². The lowest BCUT2D eigenvalue weighted by atomic mass is 9.90. The molecule has 2 aromatic heterocycles. The zero-order valence-electron chi connectivity index (χ0n) is 13.0. The van der Waals surface area contributed by atoms with E-state index in [2.05, 4.69) is 19.9 Å². The molecule has 3 heterocycles. The van der Waals surface area contributed by atoms with Gasteiger partial charge in [0.05, 0.1) is 24.0 Å². The predicted molar refractivity (Wildman–Crippen MR) is 95.3 cm³/mol. The van der Waals surface area contributed by atoms with Gasteiger partial charge in [0.15, 0.2) is 0 Å². The van der Waals surface area contributed by atoms with Crippen LogP contribution in [-0.4, -0.2) is 45.3 Å². The molecule has 0 aromatic carbocycles. The van der Waals surface area contributed by atoms with Crippen LogP contribution >= 0.6 is 23.4 Å². The second kappa shape index (κ2) is 7.10. The molecule has 0 bridgehead atoms. The normalized spacial score (nSPS) is 17.0. The van der Waals surface area contributed by atoms with E-state index in [-0.39, 0.29) is 6.61 Å². The zero-order chi connectivity index (χ0) is 17.2. The molecule has 0 saturated carbocycles. The third-order valence-electron chi connectivity index (χ3n) is 4.11.